The Morgan fingerprint density at radius 1 is 1.18 bits per heavy atom. The van der Waals surface area contributed by atoms with Gasteiger partial charge in [-0.1, -0.05) is 12.1 Å². The van der Waals surface area contributed by atoms with Crippen LogP contribution in [0.4, 0.5) is 0 Å². The van der Waals surface area contributed by atoms with E-state index in [9.17, 15) is 4.79 Å². The Kier molecular flexibility index (Phi) is 3.19. The van der Waals surface area contributed by atoms with Crippen molar-refractivity contribution in [3.8, 4) is 0 Å². The Balaban J connectivity index is 1.59. The monoisotopic (exact) mass is 309 g/mol. The first-order chi connectivity index (χ1) is 10.8. The summed E-state index contributed by atoms with van der Waals surface area (Å²) in [5.41, 5.74) is 3.29. The van der Waals surface area contributed by atoms with E-state index in [1.807, 2.05) is 30.5 Å². The van der Waals surface area contributed by atoms with Crippen LogP contribution < -0.4 is 0 Å². The topological polar surface area (TPSA) is 39.2 Å². The van der Waals surface area contributed by atoms with Crippen LogP contribution in [-0.4, -0.2) is 18.1 Å². The molecule has 110 valence electrons. The third-order valence-corrected chi connectivity index (χ3v) is 5.17. The normalized spacial score (nSPS) is 20.0. The number of carbonyl (C=O) groups is 1. The minimum atomic E-state index is -0.284. The molecule has 0 aliphatic heterocycles. The smallest absolute Gasteiger partial charge is 0.337 e. The molecule has 2 heterocycles. The minimum Gasteiger partial charge on any atom is -0.465 e. The number of benzene rings is 1. The highest BCUT2D eigenvalue weighted by Crippen LogP contribution is 2.56. The summed E-state index contributed by atoms with van der Waals surface area (Å²) in [5, 5.41) is 3.38. The maximum atomic E-state index is 11.5. The second-order valence-electron chi connectivity index (χ2n) is 5.60. The van der Waals surface area contributed by atoms with Gasteiger partial charge in [0.2, 0.25) is 0 Å². The third kappa shape index (κ3) is 2.20. The van der Waals surface area contributed by atoms with Gasteiger partial charge in [0.25, 0.3) is 0 Å². The van der Waals surface area contributed by atoms with Crippen molar-refractivity contribution in [3.05, 3.63) is 64.7 Å². The molecular weight excluding hydrogens is 294 g/mol. The maximum absolute atomic E-state index is 11.5. The quantitative estimate of drug-likeness (QED) is 0.675. The molecule has 1 saturated carbocycles. The first kappa shape index (κ1) is 13.5. The molecule has 3 aromatic rings. The van der Waals surface area contributed by atoms with Crippen LogP contribution in [0.3, 0.4) is 0 Å². The highest BCUT2D eigenvalue weighted by Gasteiger charge is 2.40. The fourth-order valence-electron chi connectivity index (χ4n) is 3.11. The van der Waals surface area contributed by atoms with Gasteiger partial charge in [-0.25, -0.2) is 9.78 Å². The van der Waals surface area contributed by atoms with Crippen LogP contribution >= 0.6 is 11.3 Å². The van der Waals surface area contributed by atoms with E-state index in [-0.39, 0.29) is 5.97 Å². The van der Waals surface area contributed by atoms with Crippen LogP contribution in [0.5, 0.6) is 0 Å². The van der Waals surface area contributed by atoms with E-state index in [2.05, 4.69) is 22.5 Å². The van der Waals surface area contributed by atoms with Crippen LogP contribution in [0.2, 0.25) is 0 Å². The molecule has 1 aliphatic rings. The van der Waals surface area contributed by atoms with Gasteiger partial charge in [-0.15, -0.1) is 11.3 Å². The second-order valence-corrected chi connectivity index (χ2v) is 6.50. The number of ether oxygens (including phenoxy) is 1. The summed E-state index contributed by atoms with van der Waals surface area (Å²) in [6, 6.07) is 12.1. The summed E-state index contributed by atoms with van der Waals surface area (Å²) in [5.74, 6) is 0.814. The predicted octanol–water partition coefficient (Wildman–Crippen LogP) is 4.35. The van der Waals surface area contributed by atoms with Crippen LogP contribution in [-0.2, 0) is 4.74 Å². The number of esters is 1. The van der Waals surface area contributed by atoms with Crippen molar-refractivity contribution in [3.63, 3.8) is 0 Å². The van der Waals surface area contributed by atoms with Crippen LogP contribution in [0, 0.1) is 0 Å². The lowest BCUT2D eigenvalue weighted by atomic mass is 10.0. The summed E-state index contributed by atoms with van der Waals surface area (Å²) < 4.78 is 4.74. The fourth-order valence-corrected chi connectivity index (χ4v) is 3.88. The summed E-state index contributed by atoms with van der Waals surface area (Å²) in [7, 11) is 1.41. The number of hydrogen-bond donors (Lipinski definition) is 0. The van der Waals surface area contributed by atoms with Crippen molar-refractivity contribution in [2.45, 2.75) is 18.3 Å². The molecular formula is C18H15NO2S. The molecule has 4 rings (SSSR count). The van der Waals surface area contributed by atoms with Crippen molar-refractivity contribution in [2.75, 3.05) is 7.11 Å². The lowest BCUT2D eigenvalue weighted by molar-refractivity contribution is 0.0600. The average molecular weight is 309 g/mol. The molecule has 2 unspecified atom stereocenters. The lowest BCUT2D eigenvalue weighted by Crippen LogP contribution is -2.00. The Morgan fingerprint density at radius 3 is 2.77 bits per heavy atom. The van der Waals surface area contributed by atoms with Crippen molar-refractivity contribution in [1.29, 1.82) is 0 Å². The molecule has 0 radical (unpaired) electrons. The summed E-state index contributed by atoms with van der Waals surface area (Å²) >= 11 is 1.69. The van der Waals surface area contributed by atoms with E-state index in [1.165, 1.54) is 23.6 Å². The molecule has 1 fully saturated rings. The molecule has 0 saturated heterocycles. The Morgan fingerprint density at radius 2 is 2.00 bits per heavy atom. The lowest BCUT2D eigenvalue weighted by Gasteiger charge is -2.04. The summed E-state index contributed by atoms with van der Waals surface area (Å²) in [6.07, 6.45) is 3.07. The van der Waals surface area contributed by atoms with Gasteiger partial charge >= 0.3 is 5.97 Å². The van der Waals surface area contributed by atoms with Gasteiger partial charge in [-0.2, -0.15) is 0 Å². The zero-order valence-electron chi connectivity index (χ0n) is 12.2. The van der Waals surface area contributed by atoms with Crippen molar-refractivity contribution < 1.29 is 9.53 Å². The SMILES string of the molecule is COC(=O)c1ccc(C2CC2c2ccnc3sccc23)cc1. The molecule has 1 aliphatic carbocycles. The van der Waals surface area contributed by atoms with Gasteiger partial charge < -0.3 is 4.74 Å². The molecule has 3 nitrogen and oxygen atoms in total. The second kappa shape index (κ2) is 5.21. The number of carbonyl (C=O) groups excluding carboxylic acids is 1. The van der Waals surface area contributed by atoms with E-state index in [4.69, 9.17) is 4.74 Å². The number of aromatic nitrogens is 1. The zero-order chi connectivity index (χ0) is 15.1. The maximum Gasteiger partial charge on any atom is 0.337 e. The first-order valence-electron chi connectivity index (χ1n) is 7.28. The standard InChI is InChI=1S/C18H15NO2S/c1-21-18(20)12-4-2-11(3-5-12)15-10-16(15)13-6-8-19-17-14(13)7-9-22-17/h2-9,15-16H,10H2,1H3. The van der Waals surface area contributed by atoms with Crippen molar-refractivity contribution >= 4 is 27.5 Å². The minimum absolute atomic E-state index is 0.284. The predicted molar refractivity (Wildman–Crippen MR) is 87.5 cm³/mol. The molecule has 1 aromatic carbocycles. The molecule has 22 heavy (non-hydrogen) atoms. The van der Waals surface area contributed by atoms with Gasteiger partial charge in [0.1, 0.15) is 4.83 Å². The highest BCUT2D eigenvalue weighted by molar-refractivity contribution is 7.16. The first-order valence-corrected chi connectivity index (χ1v) is 8.16. The Hall–Kier alpha value is -2.20. The van der Waals surface area contributed by atoms with Gasteiger partial charge in [0, 0.05) is 11.6 Å². The Labute approximate surface area is 132 Å². The number of fused-ring (bicyclic) bond motifs is 1. The third-order valence-electron chi connectivity index (χ3n) is 4.35. The molecule has 0 spiro atoms. The number of nitrogens with zero attached hydrogens (tertiary/aromatic N) is 1. The van der Waals surface area contributed by atoms with Crippen LogP contribution in [0.25, 0.3) is 10.2 Å². The van der Waals surface area contributed by atoms with E-state index < -0.39 is 0 Å². The zero-order valence-corrected chi connectivity index (χ0v) is 13.0. The van der Waals surface area contributed by atoms with Crippen LogP contribution in [0.1, 0.15) is 39.7 Å². The fraction of sp³-hybridized carbons (Fsp3) is 0.222. The Bertz CT molecular complexity index is 838. The number of methoxy groups -OCH3 is 1. The van der Waals surface area contributed by atoms with Crippen LogP contribution in [0.15, 0.2) is 48.0 Å². The van der Waals surface area contributed by atoms with E-state index in [0.29, 0.717) is 17.4 Å². The number of pyridine rings is 1. The molecule has 2 aromatic heterocycles. The van der Waals surface area contributed by atoms with Crippen molar-refractivity contribution in [1.82, 2.24) is 4.98 Å². The molecule has 0 amide bonds. The number of rotatable bonds is 3. The molecule has 0 N–H and O–H groups in total. The summed E-state index contributed by atoms with van der Waals surface area (Å²) in [4.78, 5) is 17.0. The number of thiophene rings is 1. The van der Waals surface area contributed by atoms with Gasteiger partial charge in [0.05, 0.1) is 12.7 Å². The van der Waals surface area contributed by atoms with E-state index in [1.54, 1.807) is 11.3 Å². The van der Waals surface area contributed by atoms with Gasteiger partial charge in [-0.3, -0.25) is 0 Å². The van der Waals surface area contributed by atoms with E-state index >= 15 is 0 Å². The summed E-state index contributed by atoms with van der Waals surface area (Å²) in [6.45, 7) is 0. The highest BCUT2D eigenvalue weighted by atomic mass is 32.1. The average Bonchev–Trinajstić information content (AvgIpc) is 3.21. The van der Waals surface area contributed by atoms with Gasteiger partial charge in [0.15, 0.2) is 0 Å². The molecule has 0 bridgehead atoms. The van der Waals surface area contributed by atoms with E-state index in [0.717, 1.165) is 11.3 Å². The largest absolute Gasteiger partial charge is 0.465 e. The molecule has 4 heteroatoms. The van der Waals surface area contributed by atoms with Gasteiger partial charge in [-0.05, 0) is 59.0 Å². The number of hydrogen-bond acceptors (Lipinski definition) is 4. The van der Waals surface area contributed by atoms with Crippen molar-refractivity contribution in [2.24, 2.45) is 0 Å². The molecule has 2 atom stereocenters.